The second kappa shape index (κ2) is 5.44. The van der Waals surface area contributed by atoms with Crippen LogP contribution in [0.4, 0.5) is 0 Å². The van der Waals surface area contributed by atoms with E-state index in [0.717, 1.165) is 4.90 Å². The molecule has 0 aromatic heterocycles. The predicted octanol–water partition coefficient (Wildman–Crippen LogP) is 1.32. The molecule has 0 bridgehead atoms. The number of hydrogen-bond acceptors (Lipinski definition) is 7. The largest absolute Gasteiger partial charge is 0.509 e. The van der Waals surface area contributed by atoms with E-state index in [-0.39, 0.29) is 11.1 Å². The summed E-state index contributed by atoms with van der Waals surface area (Å²) in [5.41, 5.74) is -0.359. The lowest BCUT2D eigenvalue weighted by molar-refractivity contribution is -0.222. The number of hydrogen-bond donors (Lipinski definition) is 1. The van der Waals surface area contributed by atoms with Gasteiger partial charge in [0.1, 0.15) is 5.76 Å². The van der Waals surface area contributed by atoms with Crippen molar-refractivity contribution in [2.75, 3.05) is 0 Å². The van der Waals surface area contributed by atoms with Crippen molar-refractivity contribution >= 4 is 23.8 Å². The topological polar surface area (TPSA) is 110 Å². The molecule has 1 aromatic rings. The third-order valence-corrected chi connectivity index (χ3v) is 3.95. The number of carbonyl (C=O) groups is 4. The maximum atomic E-state index is 12.4. The van der Waals surface area contributed by atoms with Gasteiger partial charge in [0.2, 0.25) is 0 Å². The molecule has 3 rings (SSSR count). The fourth-order valence-electron chi connectivity index (χ4n) is 2.75. The van der Waals surface area contributed by atoms with Gasteiger partial charge in [-0.15, -0.1) is 0 Å². The van der Waals surface area contributed by atoms with Gasteiger partial charge in [0.25, 0.3) is 17.6 Å². The van der Waals surface area contributed by atoms with Crippen LogP contribution in [0, 0.1) is 0 Å². The van der Waals surface area contributed by atoms with Crippen LogP contribution in [0.15, 0.2) is 35.6 Å². The van der Waals surface area contributed by atoms with Crippen LogP contribution in [0.5, 0.6) is 0 Å². The van der Waals surface area contributed by atoms with Gasteiger partial charge in [-0.1, -0.05) is 12.1 Å². The van der Waals surface area contributed by atoms with Gasteiger partial charge in [-0.3, -0.25) is 14.5 Å². The lowest BCUT2D eigenvalue weighted by Crippen LogP contribution is -2.45. The first-order valence-electron chi connectivity index (χ1n) is 7.51. The van der Waals surface area contributed by atoms with Crippen LogP contribution in [0.2, 0.25) is 0 Å². The van der Waals surface area contributed by atoms with E-state index < -0.39 is 46.9 Å². The molecule has 1 saturated heterocycles. The Morgan fingerprint density at radius 2 is 1.44 bits per heavy atom. The standard InChI is InChI=1S/C17H15NO7/c1-8(12(19)11-15(22)24-17(2,3)25-16(11)23)18-13(20)9-6-4-5-7-10(9)14(18)21/h4-8,19H,1-3H3. The van der Waals surface area contributed by atoms with Crippen LogP contribution >= 0.6 is 0 Å². The maximum Gasteiger partial charge on any atom is 0.352 e. The highest BCUT2D eigenvalue weighted by Crippen LogP contribution is 2.30. The molecule has 0 saturated carbocycles. The van der Waals surface area contributed by atoms with E-state index in [1.165, 1.54) is 32.9 Å². The van der Waals surface area contributed by atoms with Crippen molar-refractivity contribution in [1.82, 2.24) is 4.90 Å². The number of benzene rings is 1. The van der Waals surface area contributed by atoms with Crippen molar-refractivity contribution in [3.8, 4) is 0 Å². The lowest BCUT2D eigenvalue weighted by Gasteiger charge is -2.31. The summed E-state index contributed by atoms with van der Waals surface area (Å²) in [4.78, 5) is 49.7. The predicted molar refractivity (Wildman–Crippen MR) is 82.3 cm³/mol. The van der Waals surface area contributed by atoms with E-state index in [4.69, 9.17) is 9.47 Å². The summed E-state index contributed by atoms with van der Waals surface area (Å²) in [7, 11) is 0. The minimum Gasteiger partial charge on any atom is -0.509 e. The number of imide groups is 1. The molecule has 1 unspecified atom stereocenters. The summed E-state index contributed by atoms with van der Waals surface area (Å²) in [6.07, 6.45) is 0. The van der Waals surface area contributed by atoms with Crippen LogP contribution in [0.1, 0.15) is 41.5 Å². The Morgan fingerprint density at radius 1 is 1.00 bits per heavy atom. The van der Waals surface area contributed by atoms with Gasteiger partial charge in [-0.25, -0.2) is 9.59 Å². The Labute approximate surface area is 142 Å². The zero-order chi connectivity index (χ0) is 18.5. The molecule has 2 heterocycles. The number of nitrogens with zero attached hydrogens (tertiary/aromatic N) is 1. The molecular weight excluding hydrogens is 330 g/mol. The molecule has 1 atom stereocenters. The summed E-state index contributed by atoms with van der Waals surface area (Å²) in [5, 5.41) is 10.4. The molecule has 0 aliphatic carbocycles. The van der Waals surface area contributed by atoms with E-state index in [9.17, 15) is 24.3 Å². The minimum atomic E-state index is -1.46. The second-order valence-corrected chi connectivity index (χ2v) is 6.14. The van der Waals surface area contributed by atoms with E-state index in [2.05, 4.69) is 0 Å². The van der Waals surface area contributed by atoms with E-state index in [1.807, 2.05) is 0 Å². The third-order valence-electron chi connectivity index (χ3n) is 3.95. The van der Waals surface area contributed by atoms with E-state index in [0.29, 0.717) is 0 Å². The van der Waals surface area contributed by atoms with E-state index in [1.54, 1.807) is 12.1 Å². The number of cyclic esters (lactones) is 2. The van der Waals surface area contributed by atoms with E-state index >= 15 is 0 Å². The molecule has 1 N–H and O–H groups in total. The second-order valence-electron chi connectivity index (χ2n) is 6.14. The zero-order valence-electron chi connectivity index (χ0n) is 13.7. The quantitative estimate of drug-likeness (QED) is 0.283. The van der Waals surface area contributed by atoms with Gasteiger partial charge < -0.3 is 14.6 Å². The van der Waals surface area contributed by atoms with Crippen molar-refractivity contribution in [3.05, 3.63) is 46.7 Å². The molecule has 0 spiro atoms. The average molecular weight is 345 g/mol. The van der Waals surface area contributed by atoms with Crippen molar-refractivity contribution < 1.29 is 33.8 Å². The first-order chi connectivity index (χ1) is 11.6. The Hall–Kier alpha value is -3.16. The smallest absolute Gasteiger partial charge is 0.352 e. The van der Waals surface area contributed by atoms with Crippen molar-refractivity contribution in [2.45, 2.75) is 32.6 Å². The molecule has 2 aliphatic heterocycles. The van der Waals surface area contributed by atoms with Gasteiger partial charge in [-0.2, -0.15) is 0 Å². The Bertz CT molecular complexity index is 795. The monoisotopic (exact) mass is 345 g/mol. The summed E-state index contributed by atoms with van der Waals surface area (Å²) < 4.78 is 9.84. The highest BCUT2D eigenvalue weighted by molar-refractivity contribution is 6.22. The number of esters is 2. The number of ether oxygens (including phenoxy) is 2. The molecular formula is C17H15NO7. The Morgan fingerprint density at radius 3 is 1.88 bits per heavy atom. The van der Waals surface area contributed by atoms with Crippen molar-refractivity contribution in [1.29, 1.82) is 0 Å². The zero-order valence-corrected chi connectivity index (χ0v) is 13.7. The van der Waals surface area contributed by atoms with Crippen LogP contribution in [-0.2, 0) is 19.1 Å². The number of aliphatic hydroxyl groups excluding tert-OH is 1. The molecule has 8 nitrogen and oxygen atoms in total. The van der Waals surface area contributed by atoms with Gasteiger partial charge in [-0.05, 0) is 19.1 Å². The molecule has 0 radical (unpaired) electrons. The summed E-state index contributed by atoms with van der Waals surface area (Å²) in [5.74, 6) is -5.64. The number of fused-ring (bicyclic) bond motifs is 1. The SMILES string of the molecule is CC(C(O)=C1C(=O)OC(C)(C)OC1=O)N1C(=O)c2ccccc2C1=O. The molecule has 25 heavy (non-hydrogen) atoms. The first-order valence-corrected chi connectivity index (χ1v) is 7.51. The molecule has 130 valence electrons. The average Bonchev–Trinajstić information content (AvgIpc) is 2.76. The molecule has 2 amide bonds. The number of rotatable bonds is 2. The maximum absolute atomic E-state index is 12.4. The van der Waals surface area contributed by atoms with Gasteiger partial charge >= 0.3 is 11.9 Å². The number of amides is 2. The summed E-state index contributed by atoms with van der Waals surface area (Å²) >= 11 is 0. The first kappa shape index (κ1) is 16.7. The van der Waals surface area contributed by atoms with Crippen molar-refractivity contribution in [3.63, 3.8) is 0 Å². The molecule has 8 heteroatoms. The summed E-state index contributed by atoms with van der Waals surface area (Å²) in [6.45, 7) is 4.05. The van der Waals surface area contributed by atoms with Gasteiger partial charge in [0.15, 0.2) is 5.57 Å². The van der Waals surface area contributed by atoms with Crippen LogP contribution in [-0.4, -0.2) is 45.6 Å². The van der Waals surface area contributed by atoms with Crippen LogP contribution < -0.4 is 0 Å². The lowest BCUT2D eigenvalue weighted by atomic mass is 10.1. The normalized spacial score (nSPS) is 20.1. The van der Waals surface area contributed by atoms with Crippen LogP contribution in [0.25, 0.3) is 0 Å². The van der Waals surface area contributed by atoms with Gasteiger partial charge in [0, 0.05) is 13.8 Å². The van der Waals surface area contributed by atoms with Crippen LogP contribution in [0.3, 0.4) is 0 Å². The highest BCUT2D eigenvalue weighted by Gasteiger charge is 2.45. The minimum absolute atomic E-state index is 0.187. The Kier molecular flexibility index (Phi) is 3.63. The van der Waals surface area contributed by atoms with Gasteiger partial charge in [0.05, 0.1) is 17.2 Å². The molecule has 2 aliphatic rings. The third kappa shape index (κ3) is 2.55. The fourth-order valence-corrected chi connectivity index (χ4v) is 2.75. The molecule has 1 fully saturated rings. The fraction of sp³-hybridized carbons (Fsp3) is 0.294. The number of carbonyl (C=O) groups excluding carboxylic acids is 4. The summed E-state index contributed by atoms with van der Waals surface area (Å²) in [6, 6.07) is 4.93. The highest BCUT2D eigenvalue weighted by atomic mass is 16.7. The number of aliphatic hydroxyl groups is 1. The van der Waals surface area contributed by atoms with Crippen molar-refractivity contribution in [2.24, 2.45) is 0 Å². The Balaban J connectivity index is 1.98. The molecule has 1 aromatic carbocycles.